The summed E-state index contributed by atoms with van der Waals surface area (Å²) in [4.78, 5) is 11.3. The number of carbonyl (C=O) groups excluding carboxylic acids is 1. The summed E-state index contributed by atoms with van der Waals surface area (Å²) in [7, 11) is -8.44. The molecule has 2 N–H and O–H groups in total. The van der Waals surface area contributed by atoms with Crippen LogP contribution in [0, 0.1) is 0 Å². The van der Waals surface area contributed by atoms with E-state index in [1.807, 2.05) is 0 Å². The van der Waals surface area contributed by atoms with Crippen LogP contribution in [0.15, 0.2) is 58.3 Å². The quantitative estimate of drug-likeness (QED) is 0.267. The molecule has 0 aromatic heterocycles. The van der Waals surface area contributed by atoms with Gasteiger partial charge in [-0.05, 0) is 48.5 Å². The van der Waals surface area contributed by atoms with Crippen molar-refractivity contribution in [3.8, 4) is 5.75 Å². The van der Waals surface area contributed by atoms with Crippen LogP contribution in [0.2, 0.25) is 0 Å². The standard InChI is InChI=1S/C13H11NO7S2.Na/c14-22(16,17)11-5-1-9(2-6-11)13(15)21-10-3-7-12(8-4-10)23(18,19)20;/h1-8H,(H2,14,16,17)(H,18,19,20);/q;+1/p-1. The Morgan fingerprint density at radius 2 is 1.33 bits per heavy atom. The van der Waals surface area contributed by atoms with Crippen LogP contribution in [0.5, 0.6) is 5.75 Å². The van der Waals surface area contributed by atoms with Crippen molar-refractivity contribution in [3.05, 3.63) is 54.1 Å². The molecule has 0 spiro atoms. The van der Waals surface area contributed by atoms with Gasteiger partial charge in [0.25, 0.3) is 0 Å². The fourth-order valence-corrected chi connectivity index (χ4v) is 2.61. The summed E-state index contributed by atoms with van der Waals surface area (Å²) in [6.07, 6.45) is 0. The van der Waals surface area contributed by atoms with Crippen molar-refractivity contribution in [2.45, 2.75) is 9.79 Å². The van der Waals surface area contributed by atoms with Crippen molar-refractivity contribution in [2.75, 3.05) is 0 Å². The van der Waals surface area contributed by atoms with Gasteiger partial charge in [0.15, 0.2) is 0 Å². The maximum atomic E-state index is 11.9. The Morgan fingerprint density at radius 1 is 0.875 bits per heavy atom. The number of hydrogen-bond donors (Lipinski definition) is 1. The second-order valence-corrected chi connectivity index (χ2v) is 7.33. The van der Waals surface area contributed by atoms with Crippen LogP contribution >= 0.6 is 0 Å². The minimum atomic E-state index is -4.58. The number of benzene rings is 2. The first-order valence-electron chi connectivity index (χ1n) is 5.98. The van der Waals surface area contributed by atoms with Crippen molar-refractivity contribution in [1.29, 1.82) is 0 Å². The normalized spacial score (nSPS) is 11.4. The third kappa shape index (κ3) is 5.38. The van der Waals surface area contributed by atoms with Crippen LogP contribution in [0.3, 0.4) is 0 Å². The molecule has 0 unspecified atom stereocenters. The molecule has 0 bridgehead atoms. The van der Waals surface area contributed by atoms with E-state index in [2.05, 4.69) is 0 Å². The summed E-state index contributed by atoms with van der Waals surface area (Å²) in [5.41, 5.74) is 0.0675. The molecule has 122 valence electrons. The molecule has 0 aliphatic carbocycles. The van der Waals surface area contributed by atoms with E-state index in [0.717, 1.165) is 36.4 Å². The first kappa shape index (κ1) is 20.8. The summed E-state index contributed by atoms with van der Waals surface area (Å²) >= 11 is 0. The summed E-state index contributed by atoms with van der Waals surface area (Å²) in [6.45, 7) is 0. The van der Waals surface area contributed by atoms with E-state index in [1.165, 1.54) is 12.1 Å². The number of nitrogens with two attached hydrogens (primary N) is 1. The number of carbonyl (C=O) groups is 1. The van der Waals surface area contributed by atoms with E-state index in [4.69, 9.17) is 9.88 Å². The minimum Gasteiger partial charge on any atom is -0.744 e. The molecule has 0 aliphatic rings. The average molecular weight is 379 g/mol. The largest absolute Gasteiger partial charge is 1.00 e. The zero-order chi connectivity index (χ0) is 17.3. The van der Waals surface area contributed by atoms with Gasteiger partial charge in [-0.3, -0.25) is 0 Å². The molecule has 0 fully saturated rings. The number of primary sulfonamides is 1. The molecule has 24 heavy (non-hydrogen) atoms. The van der Waals surface area contributed by atoms with Crippen molar-refractivity contribution in [3.63, 3.8) is 0 Å². The third-order valence-electron chi connectivity index (χ3n) is 2.74. The molecular formula is C13H10NNaO7S2. The van der Waals surface area contributed by atoms with Crippen LogP contribution in [0.1, 0.15) is 10.4 Å². The summed E-state index contributed by atoms with van der Waals surface area (Å²) in [5, 5.41) is 4.94. The average Bonchev–Trinajstić information content (AvgIpc) is 2.46. The van der Waals surface area contributed by atoms with E-state index in [9.17, 15) is 26.2 Å². The molecule has 8 nitrogen and oxygen atoms in total. The smallest absolute Gasteiger partial charge is 0.744 e. The molecule has 2 aromatic rings. The number of hydrogen-bond acceptors (Lipinski definition) is 7. The number of sulfonamides is 1. The van der Waals surface area contributed by atoms with Gasteiger partial charge in [0.1, 0.15) is 15.9 Å². The zero-order valence-corrected chi connectivity index (χ0v) is 16.0. The van der Waals surface area contributed by atoms with Gasteiger partial charge in [-0.25, -0.2) is 26.8 Å². The van der Waals surface area contributed by atoms with E-state index in [0.29, 0.717) is 0 Å². The van der Waals surface area contributed by atoms with Crippen molar-refractivity contribution in [2.24, 2.45) is 5.14 Å². The SMILES string of the molecule is NS(=O)(=O)c1ccc(C(=O)Oc2ccc(S(=O)(=O)[O-])cc2)cc1.[Na+]. The first-order valence-corrected chi connectivity index (χ1v) is 8.94. The Hall–Kier alpha value is -1.27. The topological polar surface area (TPSA) is 144 Å². The molecular weight excluding hydrogens is 369 g/mol. The van der Waals surface area contributed by atoms with Gasteiger partial charge < -0.3 is 9.29 Å². The Labute approximate surface area is 160 Å². The predicted octanol–water partition coefficient (Wildman–Crippen LogP) is -2.54. The molecule has 0 atom stereocenters. The molecule has 11 heteroatoms. The van der Waals surface area contributed by atoms with Gasteiger partial charge in [-0.2, -0.15) is 0 Å². The molecule has 0 heterocycles. The molecule has 0 saturated carbocycles. The number of rotatable bonds is 4. The Kier molecular flexibility index (Phi) is 6.70. The van der Waals surface area contributed by atoms with Gasteiger partial charge in [-0.1, -0.05) is 0 Å². The van der Waals surface area contributed by atoms with E-state index >= 15 is 0 Å². The maximum absolute atomic E-state index is 11.9. The summed E-state index contributed by atoms with van der Waals surface area (Å²) < 4.78 is 59.5. The fraction of sp³-hybridized carbons (Fsp3) is 0. The van der Waals surface area contributed by atoms with E-state index in [-0.39, 0.29) is 45.8 Å². The Morgan fingerprint density at radius 3 is 1.75 bits per heavy atom. The monoisotopic (exact) mass is 379 g/mol. The molecule has 0 aliphatic heterocycles. The first-order chi connectivity index (χ1) is 10.6. The molecule has 0 saturated heterocycles. The second-order valence-electron chi connectivity index (χ2n) is 4.38. The molecule has 2 aromatic carbocycles. The van der Waals surface area contributed by atoms with Gasteiger partial charge in [0.05, 0.1) is 15.4 Å². The van der Waals surface area contributed by atoms with Gasteiger partial charge in [-0.15, -0.1) is 0 Å². The summed E-state index contributed by atoms with van der Waals surface area (Å²) in [6, 6.07) is 9.07. The van der Waals surface area contributed by atoms with Gasteiger partial charge in [0.2, 0.25) is 10.0 Å². The van der Waals surface area contributed by atoms with Crippen LogP contribution in [-0.4, -0.2) is 27.4 Å². The van der Waals surface area contributed by atoms with Gasteiger partial charge in [0, 0.05) is 0 Å². The number of ether oxygens (including phenoxy) is 1. The van der Waals surface area contributed by atoms with Crippen LogP contribution in [0.25, 0.3) is 0 Å². The maximum Gasteiger partial charge on any atom is 1.00 e. The van der Waals surface area contributed by atoms with Crippen LogP contribution in [-0.2, 0) is 20.1 Å². The van der Waals surface area contributed by atoms with Crippen LogP contribution in [0.4, 0.5) is 0 Å². The predicted molar refractivity (Wildman–Crippen MR) is 77.2 cm³/mol. The Bertz CT molecular complexity index is 937. The molecule has 2 rings (SSSR count). The van der Waals surface area contributed by atoms with Crippen molar-refractivity contribution >= 4 is 26.1 Å². The summed E-state index contributed by atoms with van der Waals surface area (Å²) in [5.74, 6) is -0.762. The Balaban J connectivity index is 0.00000288. The van der Waals surface area contributed by atoms with E-state index < -0.39 is 31.0 Å². The van der Waals surface area contributed by atoms with Crippen molar-refractivity contribution in [1.82, 2.24) is 0 Å². The fourth-order valence-electron chi connectivity index (χ4n) is 1.62. The minimum absolute atomic E-state index is 0. The van der Waals surface area contributed by atoms with Crippen molar-refractivity contribution < 1.29 is 60.5 Å². The van der Waals surface area contributed by atoms with E-state index in [1.54, 1.807) is 0 Å². The third-order valence-corrected chi connectivity index (χ3v) is 4.52. The number of esters is 1. The second kappa shape index (κ2) is 7.74. The van der Waals surface area contributed by atoms with Gasteiger partial charge >= 0.3 is 35.5 Å². The van der Waals surface area contributed by atoms with Crippen LogP contribution < -0.4 is 39.4 Å². The molecule has 0 radical (unpaired) electrons. The zero-order valence-electron chi connectivity index (χ0n) is 12.4. The molecule has 0 amide bonds.